The second-order valence-electron chi connectivity index (χ2n) is 9.39. The zero-order valence-electron chi connectivity index (χ0n) is 24.4. The number of benzene rings is 2. The second kappa shape index (κ2) is 17.1. The van der Waals surface area contributed by atoms with Crippen LogP contribution in [-0.4, -0.2) is 61.5 Å². The lowest BCUT2D eigenvalue weighted by molar-refractivity contribution is 0.107. The lowest BCUT2D eigenvalue weighted by Crippen LogP contribution is -2.46. The van der Waals surface area contributed by atoms with Crippen molar-refractivity contribution in [3.63, 3.8) is 0 Å². The molecule has 1 aromatic heterocycles. The molecule has 2 N–H and O–H groups in total. The summed E-state index contributed by atoms with van der Waals surface area (Å²) in [6.45, 7) is 3.71. The Bertz CT molecular complexity index is 1410. The predicted molar refractivity (Wildman–Crippen MR) is 163 cm³/mol. The number of nitrogens with zero attached hydrogens (tertiary/aromatic N) is 2. The van der Waals surface area contributed by atoms with Crippen LogP contribution >= 0.6 is 19.4 Å². The highest BCUT2D eigenvalue weighted by molar-refractivity contribution is 7.48. The van der Waals surface area contributed by atoms with Crippen molar-refractivity contribution in [3.05, 3.63) is 71.1 Å². The van der Waals surface area contributed by atoms with E-state index in [-0.39, 0.29) is 38.0 Å². The number of hydrogen-bond acceptors (Lipinski definition) is 8. The number of fused-ring (bicyclic) bond motifs is 1. The second-order valence-corrected chi connectivity index (χ2v) is 11.4. The molecule has 0 unspecified atom stereocenters. The van der Waals surface area contributed by atoms with Gasteiger partial charge >= 0.3 is 19.9 Å². The number of hydrogen-bond donors (Lipinski definition) is 2. The van der Waals surface area contributed by atoms with Gasteiger partial charge in [0.25, 0.3) is 0 Å². The van der Waals surface area contributed by atoms with Crippen molar-refractivity contribution in [1.29, 1.82) is 0 Å². The SMILES string of the molecule is CCOP(=O)(OCC)OCCCC[C@@H](COC(=O)Nc1cc2ccccc2cn1)N(C)C(=O)NCc1cccc(F)c1Cl. The highest BCUT2D eigenvalue weighted by atomic mass is 35.5. The van der Waals surface area contributed by atoms with E-state index < -0.39 is 31.8 Å². The monoisotopic (exact) mass is 638 g/mol. The molecule has 0 bridgehead atoms. The average Bonchev–Trinajstić information content (AvgIpc) is 2.99. The lowest BCUT2D eigenvalue weighted by atomic mass is 10.1. The number of carbonyl (C=O) groups is 2. The Kier molecular flexibility index (Phi) is 13.6. The first kappa shape index (κ1) is 34.2. The molecule has 0 aliphatic rings. The van der Waals surface area contributed by atoms with Crippen LogP contribution in [0.15, 0.2) is 54.7 Å². The molecule has 0 aliphatic carbocycles. The lowest BCUT2D eigenvalue weighted by Gasteiger charge is -2.28. The Labute approximate surface area is 255 Å². The van der Waals surface area contributed by atoms with Crippen LogP contribution in [0, 0.1) is 5.82 Å². The van der Waals surface area contributed by atoms with Crippen LogP contribution in [0.5, 0.6) is 0 Å². The molecule has 0 fully saturated rings. The molecule has 234 valence electrons. The Morgan fingerprint density at radius 2 is 1.77 bits per heavy atom. The molecule has 43 heavy (non-hydrogen) atoms. The molecule has 1 atom stereocenters. The van der Waals surface area contributed by atoms with Gasteiger partial charge in [-0.25, -0.2) is 23.5 Å². The van der Waals surface area contributed by atoms with E-state index in [0.29, 0.717) is 30.6 Å². The number of rotatable bonds is 16. The van der Waals surface area contributed by atoms with Gasteiger partial charge in [0.2, 0.25) is 0 Å². The maximum Gasteiger partial charge on any atom is 0.474 e. The third-order valence-corrected chi connectivity index (χ3v) is 8.42. The van der Waals surface area contributed by atoms with Gasteiger partial charge in [-0.05, 0) is 56.2 Å². The van der Waals surface area contributed by atoms with E-state index in [1.165, 1.54) is 17.0 Å². The van der Waals surface area contributed by atoms with E-state index in [2.05, 4.69) is 15.6 Å². The Morgan fingerprint density at radius 1 is 1.05 bits per heavy atom. The van der Waals surface area contributed by atoms with Crippen LogP contribution in [0.2, 0.25) is 5.02 Å². The van der Waals surface area contributed by atoms with Crippen molar-refractivity contribution in [1.82, 2.24) is 15.2 Å². The average molecular weight is 639 g/mol. The van der Waals surface area contributed by atoms with E-state index >= 15 is 0 Å². The predicted octanol–water partition coefficient (Wildman–Crippen LogP) is 7.15. The Hall–Kier alpha value is -3.28. The fourth-order valence-corrected chi connectivity index (χ4v) is 5.49. The number of phosphoric acid groups is 1. The van der Waals surface area contributed by atoms with Gasteiger partial charge in [0.1, 0.15) is 18.2 Å². The van der Waals surface area contributed by atoms with Crippen molar-refractivity contribution in [2.45, 2.75) is 45.7 Å². The number of urea groups is 1. The number of unbranched alkanes of at least 4 members (excludes halogenated alkanes) is 1. The van der Waals surface area contributed by atoms with Gasteiger partial charge in [-0.1, -0.05) is 48.0 Å². The first-order valence-corrected chi connectivity index (χ1v) is 15.7. The van der Waals surface area contributed by atoms with Crippen LogP contribution in [0.25, 0.3) is 10.8 Å². The highest BCUT2D eigenvalue weighted by Gasteiger charge is 2.26. The van der Waals surface area contributed by atoms with Crippen molar-refractivity contribution >= 4 is 48.1 Å². The minimum Gasteiger partial charge on any atom is -0.447 e. The summed E-state index contributed by atoms with van der Waals surface area (Å²) in [6.07, 6.45) is 2.35. The molecule has 0 saturated heterocycles. The Morgan fingerprint density at radius 3 is 2.49 bits per heavy atom. The normalized spacial score (nSPS) is 12.1. The van der Waals surface area contributed by atoms with Crippen LogP contribution in [-0.2, 0) is 29.4 Å². The van der Waals surface area contributed by atoms with Gasteiger partial charge in [0, 0.05) is 25.2 Å². The summed E-state index contributed by atoms with van der Waals surface area (Å²) >= 11 is 6.01. The van der Waals surface area contributed by atoms with Crippen molar-refractivity contribution in [2.24, 2.45) is 0 Å². The number of aromatic nitrogens is 1. The van der Waals surface area contributed by atoms with Gasteiger partial charge in [0.15, 0.2) is 0 Å². The molecule has 11 nitrogen and oxygen atoms in total. The molecule has 0 saturated carbocycles. The van der Waals surface area contributed by atoms with Crippen LogP contribution < -0.4 is 10.6 Å². The van der Waals surface area contributed by atoms with E-state index in [0.717, 1.165) is 10.8 Å². The summed E-state index contributed by atoms with van der Waals surface area (Å²) < 4.78 is 47.4. The number of ether oxygens (including phenoxy) is 1. The number of anilines is 1. The van der Waals surface area contributed by atoms with Crippen LogP contribution in [0.4, 0.5) is 19.8 Å². The largest absolute Gasteiger partial charge is 0.474 e. The summed E-state index contributed by atoms with van der Waals surface area (Å²) in [6, 6.07) is 12.7. The minimum absolute atomic E-state index is 0.000550. The van der Waals surface area contributed by atoms with Gasteiger partial charge in [-0.3, -0.25) is 18.9 Å². The van der Waals surface area contributed by atoms with Crippen molar-refractivity contribution in [2.75, 3.05) is 38.8 Å². The van der Waals surface area contributed by atoms with Gasteiger partial charge in [-0.15, -0.1) is 0 Å². The number of amides is 3. The number of carbonyl (C=O) groups excluding carboxylic acids is 2. The number of pyridine rings is 1. The molecule has 2 aromatic carbocycles. The molecule has 0 aliphatic heterocycles. The van der Waals surface area contributed by atoms with E-state index in [1.807, 2.05) is 24.3 Å². The maximum absolute atomic E-state index is 13.8. The molecule has 0 radical (unpaired) electrons. The maximum atomic E-state index is 13.8. The van der Waals surface area contributed by atoms with E-state index in [4.69, 9.17) is 29.9 Å². The smallest absolute Gasteiger partial charge is 0.447 e. The number of phosphoric ester groups is 1. The number of likely N-dealkylation sites (N-methyl/N-ethyl adjacent to an activating group) is 1. The summed E-state index contributed by atoms with van der Waals surface area (Å²) in [5.74, 6) is -0.260. The molecule has 1 heterocycles. The third kappa shape index (κ3) is 10.7. The molecular formula is C29H37ClFN4O7P. The highest BCUT2D eigenvalue weighted by Crippen LogP contribution is 2.49. The van der Waals surface area contributed by atoms with Crippen LogP contribution in [0.1, 0.15) is 38.7 Å². The number of halogens is 2. The van der Waals surface area contributed by atoms with E-state index in [9.17, 15) is 18.5 Å². The molecular weight excluding hydrogens is 602 g/mol. The van der Waals surface area contributed by atoms with E-state index in [1.54, 1.807) is 39.2 Å². The summed E-state index contributed by atoms with van der Waals surface area (Å²) in [4.78, 5) is 31.3. The number of nitrogens with one attached hydrogen (secondary N) is 2. The summed E-state index contributed by atoms with van der Waals surface area (Å²) in [5, 5.41) is 7.09. The topological polar surface area (TPSA) is 128 Å². The fourth-order valence-electron chi connectivity index (χ4n) is 4.09. The summed E-state index contributed by atoms with van der Waals surface area (Å²) in [5.41, 5.74) is 0.420. The first-order valence-electron chi connectivity index (χ1n) is 13.9. The first-order chi connectivity index (χ1) is 20.7. The molecule has 14 heteroatoms. The van der Waals surface area contributed by atoms with Crippen molar-refractivity contribution < 1.29 is 36.9 Å². The van der Waals surface area contributed by atoms with Crippen LogP contribution in [0.3, 0.4) is 0 Å². The standard InChI is InChI=1S/C29H37ClFN4O7P/c1-4-40-43(38,41-5-2)42-16-9-8-14-24(35(3)28(36)33-19-23-13-10-15-25(31)27(23)30)20-39-29(37)34-26-17-21-11-6-7-12-22(21)18-32-26/h6-7,10-13,15,17-18,24H,4-5,8-9,14,16,19-20H2,1-3H3,(H,33,36)(H,32,34,37)/t24-/m0/s1. The molecule has 3 aromatic rings. The molecule has 3 rings (SSSR count). The fraction of sp³-hybridized carbons (Fsp3) is 0.414. The van der Waals surface area contributed by atoms with Crippen molar-refractivity contribution in [3.8, 4) is 0 Å². The zero-order valence-corrected chi connectivity index (χ0v) is 26.0. The Balaban J connectivity index is 1.59. The summed E-state index contributed by atoms with van der Waals surface area (Å²) in [7, 11) is -2.07. The molecule has 0 spiro atoms. The molecule has 3 amide bonds. The van der Waals surface area contributed by atoms with Gasteiger partial charge in [-0.2, -0.15) is 0 Å². The van der Waals surface area contributed by atoms with Gasteiger partial charge < -0.3 is 15.0 Å². The van der Waals surface area contributed by atoms with Gasteiger partial charge in [0.05, 0.1) is 30.9 Å². The quantitative estimate of drug-likeness (QED) is 0.125. The zero-order chi connectivity index (χ0) is 31.2. The minimum atomic E-state index is -3.63. The third-order valence-electron chi connectivity index (χ3n) is 6.35.